The summed E-state index contributed by atoms with van der Waals surface area (Å²) in [6, 6.07) is -9.70. The molecule has 0 aliphatic heterocycles. The zero-order chi connectivity index (χ0) is 33.4. The summed E-state index contributed by atoms with van der Waals surface area (Å²) >= 11 is 0. The minimum absolute atomic E-state index is 0. The van der Waals surface area contributed by atoms with Gasteiger partial charge in [0, 0.05) is 9.05 Å². The molecular weight excluding hydrogens is 799 g/mol. The highest BCUT2D eigenvalue weighted by molar-refractivity contribution is 5.21. The van der Waals surface area contributed by atoms with E-state index < -0.39 is 70.7 Å². The van der Waals surface area contributed by atoms with E-state index in [1.54, 1.807) is 0 Å². The molecule has 0 aromatic heterocycles. The summed E-state index contributed by atoms with van der Waals surface area (Å²) in [4.78, 5) is -7.51. The molecule has 0 N–H and O–H groups in total. The highest BCUT2D eigenvalue weighted by Crippen LogP contribution is 2.69. The minimum atomic E-state index is -10.2. The summed E-state index contributed by atoms with van der Waals surface area (Å²) in [5.41, 5.74) is -10.2. The molecule has 0 aliphatic rings. The van der Waals surface area contributed by atoms with Crippen molar-refractivity contribution in [2.24, 2.45) is 0 Å². The van der Waals surface area contributed by atoms with Crippen molar-refractivity contribution in [3.8, 4) is 0 Å². The number of hydrogen-bond acceptors (Lipinski definition) is 2. The van der Waals surface area contributed by atoms with Crippen LogP contribution in [0.15, 0.2) is 0 Å². The lowest BCUT2D eigenvalue weighted by Crippen LogP contribution is -3.00. The number of halogens is 27. The molecule has 30 heteroatoms. The van der Waals surface area contributed by atoms with Crippen molar-refractivity contribution in [2.75, 3.05) is 0 Å². The Bertz CT molecular complexity index is 914. The van der Waals surface area contributed by atoms with Crippen molar-refractivity contribution in [3.63, 3.8) is 0 Å². The van der Waals surface area contributed by atoms with Crippen molar-refractivity contribution >= 4 is 0 Å². The normalized spacial score (nSPS) is 17.7. The molecule has 3 nitrogen and oxygen atoms in total. The van der Waals surface area contributed by atoms with Crippen LogP contribution in [0.4, 0.5) is 114 Å². The number of alkyl halides is 24. The molecule has 0 saturated heterocycles. The molecule has 1 unspecified atom stereocenters. The highest BCUT2D eigenvalue weighted by atomic mass is 127. The third kappa shape index (κ3) is 4.87. The van der Waals surface area contributed by atoms with Crippen molar-refractivity contribution < 1.29 is 153 Å². The molecule has 0 rings (SSSR count). The van der Waals surface area contributed by atoms with Gasteiger partial charge in [0.05, 0.1) is 10.1 Å². The standard InChI is InChI=1S/C11F26NO2.HI/c12-1(3(15,16)8(25,26)27,10(31,32)38(39-36,40-37)11(33,34)35)2(13,14)4(17,18)5(19,20)6(21,22)7(23,24)9(28,29)30;/h;1H/q+1;/p-1. The molecule has 0 spiro atoms. The van der Waals surface area contributed by atoms with Gasteiger partial charge in [-0.05, 0) is 0 Å². The first-order chi connectivity index (χ1) is 16.9. The van der Waals surface area contributed by atoms with E-state index in [2.05, 4.69) is 0 Å². The molecule has 0 bridgehead atoms. The Morgan fingerprint density at radius 2 is 0.585 bits per heavy atom. The second kappa shape index (κ2) is 10.5. The molecule has 0 saturated carbocycles. The van der Waals surface area contributed by atoms with Gasteiger partial charge in [-0.2, -0.15) is 79.0 Å². The lowest BCUT2D eigenvalue weighted by atomic mass is 9.79. The van der Waals surface area contributed by atoms with Crippen LogP contribution in [0.5, 0.6) is 0 Å². The van der Waals surface area contributed by atoms with E-state index >= 15 is 0 Å². The topological polar surface area (TPSA) is 18.5 Å². The van der Waals surface area contributed by atoms with Crippen molar-refractivity contribution in [2.45, 2.75) is 65.9 Å². The van der Waals surface area contributed by atoms with E-state index in [9.17, 15) is 114 Å². The number of hydrogen-bond donors (Lipinski definition) is 0. The molecule has 0 radical (unpaired) electrons. The second-order valence-corrected chi connectivity index (χ2v) is 6.80. The smallest absolute Gasteiger partial charge is 0.636 e. The molecular formula is C11F26INO2. The van der Waals surface area contributed by atoms with E-state index in [1.165, 1.54) is 0 Å². The van der Waals surface area contributed by atoms with Gasteiger partial charge in [-0.1, -0.05) is 0 Å². The third-order valence-corrected chi connectivity index (χ3v) is 4.47. The van der Waals surface area contributed by atoms with Gasteiger partial charge >= 0.3 is 65.9 Å². The summed E-state index contributed by atoms with van der Waals surface area (Å²) in [5.74, 6) is -57.6. The zero-order valence-electron chi connectivity index (χ0n) is 17.0. The van der Waals surface area contributed by atoms with Crippen LogP contribution in [0, 0.1) is 0 Å². The largest absolute Gasteiger partial charge is 1.00 e. The van der Waals surface area contributed by atoms with E-state index in [0.29, 0.717) is 10.1 Å². The molecule has 0 amide bonds. The fourth-order valence-corrected chi connectivity index (χ4v) is 2.29. The molecule has 250 valence electrons. The summed E-state index contributed by atoms with van der Waals surface area (Å²) in [6.07, 6.45) is -25.6. The molecule has 0 fully saturated rings. The average molecular weight is 799 g/mol. The summed E-state index contributed by atoms with van der Waals surface area (Å²) < 4.78 is 340. The van der Waals surface area contributed by atoms with Crippen LogP contribution in [-0.4, -0.2) is 70.7 Å². The minimum Gasteiger partial charge on any atom is -1.00 e. The lowest BCUT2D eigenvalue weighted by molar-refractivity contribution is -1.38. The van der Waals surface area contributed by atoms with Gasteiger partial charge in [-0.3, -0.25) is 0 Å². The van der Waals surface area contributed by atoms with Crippen LogP contribution in [0.1, 0.15) is 0 Å². The predicted molar refractivity (Wildman–Crippen MR) is 61.3 cm³/mol. The van der Waals surface area contributed by atoms with Crippen LogP contribution in [0.25, 0.3) is 0 Å². The summed E-state index contributed by atoms with van der Waals surface area (Å²) in [7, 11) is 0. The predicted octanol–water partition coefficient (Wildman–Crippen LogP) is 5.20. The summed E-state index contributed by atoms with van der Waals surface area (Å²) in [6.45, 7) is 0. The number of nitrogens with zero attached hydrogens (tertiary/aromatic N) is 1. The number of rotatable bonds is 10. The van der Waals surface area contributed by atoms with Crippen LogP contribution < -0.4 is 24.0 Å². The van der Waals surface area contributed by atoms with E-state index in [4.69, 9.17) is 0 Å². The highest BCUT2D eigenvalue weighted by Gasteiger charge is 3.06. The van der Waals surface area contributed by atoms with Crippen molar-refractivity contribution in [1.82, 2.24) is 0 Å². The van der Waals surface area contributed by atoms with Gasteiger partial charge in [0.1, 0.15) is 0 Å². The van der Waals surface area contributed by atoms with Crippen molar-refractivity contribution in [3.05, 3.63) is 0 Å². The van der Waals surface area contributed by atoms with Gasteiger partial charge in [0.15, 0.2) is 4.81 Å². The Morgan fingerprint density at radius 1 is 0.341 bits per heavy atom. The second-order valence-electron chi connectivity index (χ2n) is 6.80. The Balaban J connectivity index is 0. The van der Waals surface area contributed by atoms with E-state index in [1.807, 2.05) is 0 Å². The Labute approximate surface area is 220 Å². The van der Waals surface area contributed by atoms with Crippen LogP contribution in [-0.2, 0) is 10.1 Å². The molecule has 0 aliphatic carbocycles. The van der Waals surface area contributed by atoms with Gasteiger partial charge in [-0.15, -0.1) is 22.0 Å². The quantitative estimate of drug-likeness (QED) is 0.0997. The number of hydroxylamine groups is 4. The van der Waals surface area contributed by atoms with E-state index in [0.717, 1.165) is 0 Å². The zero-order valence-corrected chi connectivity index (χ0v) is 19.1. The molecule has 0 aromatic carbocycles. The van der Waals surface area contributed by atoms with Crippen molar-refractivity contribution in [1.29, 1.82) is 0 Å². The Morgan fingerprint density at radius 3 is 0.805 bits per heavy atom. The summed E-state index contributed by atoms with van der Waals surface area (Å²) in [5, 5.41) is 1.34. The first-order valence-electron chi connectivity index (χ1n) is 7.91. The maximum Gasteiger partial charge on any atom is 0.636 e. The van der Waals surface area contributed by atoms with Gasteiger partial charge in [0.2, 0.25) is 0 Å². The van der Waals surface area contributed by atoms with Gasteiger partial charge in [-0.25, -0.2) is 4.39 Å². The van der Waals surface area contributed by atoms with E-state index in [-0.39, 0.29) is 24.0 Å². The first-order valence-corrected chi connectivity index (χ1v) is 7.91. The monoisotopic (exact) mass is 799 g/mol. The molecule has 41 heavy (non-hydrogen) atoms. The SMILES string of the molecule is FO[N+](OF)(C(F)(F)F)C(F)(F)C(F)(C(F)(F)C(F)(F)F)C(F)(F)C(F)(F)C(F)(F)C(F)(F)C(F)(F)C(F)(F)F.[I-]. The number of quaternary nitrogens is 1. The fraction of sp³-hybridized carbons (Fsp3) is 1.00. The van der Waals surface area contributed by atoms with Gasteiger partial charge < -0.3 is 24.0 Å². The van der Waals surface area contributed by atoms with Gasteiger partial charge in [0.25, 0.3) is 0 Å². The Hall–Kier alpha value is -1.21. The first kappa shape index (κ1) is 41.9. The fourth-order valence-electron chi connectivity index (χ4n) is 2.29. The van der Waals surface area contributed by atoms with Crippen LogP contribution in [0.2, 0.25) is 0 Å². The lowest BCUT2D eigenvalue weighted by Gasteiger charge is -2.47. The average Bonchev–Trinajstić information content (AvgIpc) is 2.70. The maximum absolute atomic E-state index is 14.5. The maximum atomic E-state index is 14.5. The molecule has 0 heterocycles. The molecule has 1 atom stereocenters. The molecule has 0 aromatic rings. The van der Waals surface area contributed by atoms with Crippen LogP contribution in [0.3, 0.4) is 0 Å². The third-order valence-electron chi connectivity index (χ3n) is 4.47. The van der Waals surface area contributed by atoms with Crippen LogP contribution >= 0.6 is 0 Å². The Kier molecular flexibility index (Phi) is 10.7.